The van der Waals surface area contributed by atoms with Crippen molar-refractivity contribution in [2.75, 3.05) is 6.61 Å². The highest BCUT2D eigenvalue weighted by atomic mass is 35.5. The number of rotatable bonds is 5. The van der Waals surface area contributed by atoms with Gasteiger partial charge in [-0.15, -0.1) is 11.3 Å². The Balaban J connectivity index is 1.53. The molecule has 0 spiro atoms. The van der Waals surface area contributed by atoms with E-state index in [2.05, 4.69) is 12.2 Å². The maximum absolute atomic E-state index is 12.2. The summed E-state index contributed by atoms with van der Waals surface area (Å²) in [5.74, 6) is -0.128. The number of nitrogens with one attached hydrogen (secondary N) is 1. The van der Waals surface area contributed by atoms with Gasteiger partial charge < -0.3 is 10.1 Å². The molecular weight excluding hydrogens is 370 g/mol. The molecule has 6 heteroatoms. The van der Waals surface area contributed by atoms with Crippen molar-refractivity contribution >= 4 is 34.8 Å². The Morgan fingerprint density at radius 1 is 1.38 bits per heavy atom. The van der Waals surface area contributed by atoms with E-state index in [1.165, 1.54) is 21.8 Å². The molecule has 1 N–H and O–H groups in total. The molecule has 0 fully saturated rings. The van der Waals surface area contributed by atoms with E-state index in [0.29, 0.717) is 15.8 Å². The van der Waals surface area contributed by atoms with E-state index in [4.69, 9.17) is 16.3 Å². The smallest absolute Gasteiger partial charge is 0.348 e. The summed E-state index contributed by atoms with van der Waals surface area (Å²) in [7, 11) is 0. The summed E-state index contributed by atoms with van der Waals surface area (Å²) < 4.78 is 5.19. The van der Waals surface area contributed by atoms with Gasteiger partial charge in [-0.05, 0) is 55.4 Å². The molecule has 0 saturated heterocycles. The Kier molecular flexibility index (Phi) is 5.99. The SMILES string of the molecule is C[C@H]1CCc2sc(C(=O)OCC(=O)N[C@H](C)c3ccccc3Cl)cc2C1. The molecule has 138 valence electrons. The highest BCUT2D eigenvalue weighted by Gasteiger charge is 2.22. The van der Waals surface area contributed by atoms with Gasteiger partial charge in [-0.1, -0.05) is 36.7 Å². The summed E-state index contributed by atoms with van der Waals surface area (Å²) in [4.78, 5) is 26.2. The summed E-state index contributed by atoms with van der Waals surface area (Å²) in [6, 6.07) is 9.00. The zero-order valence-corrected chi connectivity index (χ0v) is 16.5. The highest BCUT2D eigenvalue weighted by molar-refractivity contribution is 7.14. The van der Waals surface area contributed by atoms with Gasteiger partial charge in [0.15, 0.2) is 6.61 Å². The molecule has 0 aliphatic heterocycles. The summed E-state index contributed by atoms with van der Waals surface area (Å²) in [5.41, 5.74) is 2.08. The second-order valence-electron chi connectivity index (χ2n) is 6.79. The van der Waals surface area contributed by atoms with Crippen LogP contribution in [0.2, 0.25) is 5.02 Å². The minimum Gasteiger partial charge on any atom is -0.451 e. The molecule has 4 nitrogen and oxygen atoms in total. The van der Waals surface area contributed by atoms with Crippen molar-refractivity contribution in [2.45, 2.75) is 39.2 Å². The molecule has 0 saturated carbocycles. The zero-order chi connectivity index (χ0) is 18.7. The van der Waals surface area contributed by atoms with Gasteiger partial charge in [0.2, 0.25) is 0 Å². The molecule has 1 amide bonds. The molecule has 2 aromatic rings. The third kappa shape index (κ3) is 4.46. The first-order valence-electron chi connectivity index (χ1n) is 8.76. The van der Waals surface area contributed by atoms with E-state index in [1.807, 2.05) is 31.2 Å². The Morgan fingerprint density at radius 2 is 2.15 bits per heavy atom. The van der Waals surface area contributed by atoms with Crippen molar-refractivity contribution in [1.29, 1.82) is 0 Å². The molecule has 26 heavy (non-hydrogen) atoms. The molecular formula is C20H22ClNO3S. The average Bonchev–Trinajstić information content (AvgIpc) is 3.03. The molecule has 1 aliphatic rings. The number of halogens is 1. The van der Waals surface area contributed by atoms with Crippen LogP contribution in [0, 0.1) is 5.92 Å². The van der Waals surface area contributed by atoms with Crippen molar-refractivity contribution in [2.24, 2.45) is 5.92 Å². The number of aryl methyl sites for hydroxylation is 1. The van der Waals surface area contributed by atoms with Crippen molar-refractivity contribution in [3.8, 4) is 0 Å². The molecule has 1 aliphatic carbocycles. The highest BCUT2D eigenvalue weighted by Crippen LogP contribution is 2.32. The molecule has 1 aromatic heterocycles. The molecule has 3 rings (SSSR count). The fourth-order valence-corrected chi connectivity index (χ4v) is 4.60. The van der Waals surface area contributed by atoms with Crippen molar-refractivity contribution < 1.29 is 14.3 Å². The number of ether oxygens (including phenoxy) is 1. The summed E-state index contributed by atoms with van der Waals surface area (Å²) in [6.45, 7) is 3.77. The van der Waals surface area contributed by atoms with Gasteiger partial charge in [0, 0.05) is 9.90 Å². The van der Waals surface area contributed by atoms with Gasteiger partial charge in [-0.2, -0.15) is 0 Å². The quantitative estimate of drug-likeness (QED) is 0.760. The Labute approximate surface area is 162 Å². The van der Waals surface area contributed by atoms with E-state index in [1.54, 1.807) is 6.07 Å². The largest absolute Gasteiger partial charge is 0.451 e. The van der Waals surface area contributed by atoms with Gasteiger partial charge in [0.05, 0.1) is 6.04 Å². The number of hydrogen-bond donors (Lipinski definition) is 1. The average molecular weight is 392 g/mol. The van der Waals surface area contributed by atoms with Crippen molar-refractivity contribution in [1.82, 2.24) is 5.32 Å². The predicted octanol–water partition coefficient (Wildman–Crippen LogP) is 4.56. The van der Waals surface area contributed by atoms with Crippen molar-refractivity contribution in [3.05, 3.63) is 56.2 Å². The van der Waals surface area contributed by atoms with E-state index >= 15 is 0 Å². The van der Waals surface area contributed by atoms with Crippen LogP contribution < -0.4 is 5.32 Å². The van der Waals surface area contributed by atoms with Crippen LogP contribution in [-0.2, 0) is 22.4 Å². The normalized spacial score (nSPS) is 17.3. The van der Waals surface area contributed by atoms with Crippen LogP contribution in [0.4, 0.5) is 0 Å². The second-order valence-corrected chi connectivity index (χ2v) is 8.34. The molecule has 1 aromatic carbocycles. The Hall–Kier alpha value is -1.85. The maximum atomic E-state index is 12.2. The number of carbonyl (C=O) groups excluding carboxylic acids is 2. The number of carbonyl (C=O) groups is 2. The number of amides is 1. The van der Waals surface area contributed by atoms with Crippen LogP contribution in [0.5, 0.6) is 0 Å². The third-order valence-corrected chi connectivity index (χ3v) is 6.18. The Bertz CT molecular complexity index is 817. The van der Waals surface area contributed by atoms with E-state index in [9.17, 15) is 9.59 Å². The Morgan fingerprint density at radius 3 is 2.92 bits per heavy atom. The van der Waals surface area contributed by atoms with Gasteiger partial charge >= 0.3 is 5.97 Å². The van der Waals surface area contributed by atoms with E-state index in [0.717, 1.165) is 24.8 Å². The molecule has 1 heterocycles. The van der Waals surface area contributed by atoms with Gasteiger partial charge in [0.25, 0.3) is 5.91 Å². The first kappa shape index (κ1) is 18.9. The van der Waals surface area contributed by atoms with Gasteiger partial charge in [0.1, 0.15) is 4.88 Å². The first-order chi connectivity index (χ1) is 12.4. The second kappa shape index (κ2) is 8.23. The maximum Gasteiger partial charge on any atom is 0.348 e. The fourth-order valence-electron chi connectivity index (χ4n) is 3.20. The van der Waals surface area contributed by atoms with Gasteiger partial charge in [-0.3, -0.25) is 4.79 Å². The number of hydrogen-bond acceptors (Lipinski definition) is 4. The zero-order valence-electron chi connectivity index (χ0n) is 14.9. The van der Waals surface area contributed by atoms with E-state index < -0.39 is 5.97 Å². The van der Waals surface area contributed by atoms with Crippen LogP contribution >= 0.6 is 22.9 Å². The molecule has 0 bridgehead atoms. The van der Waals surface area contributed by atoms with Crippen LogP contribution in [0.15, 0.2) is 30.3 Å². The van der Waals surface area contributed by atoms with Crippen LogP contribution in [-0.4, -0.2) is 18.5 Å². The third-order valence-electron chi connectivity index (χ3n) is 4.61. The lowest BCUT2D eigenvalue weighted by Crippen LogP contribution is -2.31. The summed E-state index contributed by atoms with van der Waals surface area (Å²) >= 11 is 7.62. The standard InChI is InChI=1S/C20H22ClNO3S/c1-12-7-8-17-14(9-12)10-18(26-17)20(24)25-11-19(23)22-13(2)15-5-3-4-6-16(15)21/h3-6,10,12-13H,7-9,11H2,1-2H3,(H,22,23)/t12-,13+/m0/s1. The van der Waals surface area contributed by atoms with Gasteiger partial charge in [-0.25, -0.2) is 4.79 Å². The van der Waals surface area contributed by atoms with E-state index in [-0.39, 0.29) is 18.6 Å². The lowest BCUT2D eigenvalue weighted by Gasteiger charge is -2.16. The molecule has 0 unspecified atom stereocenters. The monoisotopic (exact) mass is 391 g/mol. The summed E-state index contributed by atoms with van der Waals surface area (Å²) in [5, 5.41) is 3.39. The van der Waals surface area contributed by atoms with Crippen molar-refractivity contribution in [3.63, 3.8) is 0 Å². The van der Waals surface area contributed by atoms with Crippen LogP contribution in [0.1, 0.15) is 52.0 Å². The first-order valence-corrected chi connectivity index (χ1v) is 9.96. The number of esters is 1. The molecule has 2 atom stereocenters. The van der Waals surface area contributed by atoms with Crippen LogP contribution in [0.3, 0.4) is 0 Å². The molecule has 0 radical (unpaired) electrons. The fraction of sp³-hybridized carbons (Fsp3) is 0.400. The number of benzene rings is 1. The minimum atomic E-state index is -0.433. The van der Waals surface area contributed by atoms with Crippen LogP contribution in [0.25, 0.3) is 0 Å². The summed E-state index contributed by atoms with van der Waals surface area (Å²) in [6.07, 6.45) is 3.18. The lowest BCUT2D eigenvalue weighted by atomic mass is 9.90. The lowest BCUT2D eigenvalue weighted by molar-refractivity contribution is -0.124. The predicted molar refractivity (Wildman–Crippen MR) is 104 cm³/mol. The number of thiophene rings is 1. The minimum absolute atomic E-state index is 0.259. The topological polar surface area (TPSA) is 55.4 Å². The number of fused-ring (bicyclic) bond motifs is 1.